The first-order valence-corrected chi connectivity index (χ1v) is 9.66. The molecule has 0 saturated heterocycles. The van der Waals surface area contributed by atoms with Crippen molar-refractivity contribution in [1.82, 2.24) is 9.71 Å². The summed E-state index contributed by atoms with van der Waals surface area (Å²) in [5.74, 6) is 0.264. The maximum absolute atomic E-state index is 12.6. The van der Waals surface area contributed by atoms with Gasteiger partial charge in [0.1, 0.15) is 10.6 Å². The number of aromatic amines is 1. The van der Waals surface area contributed by atoms with Crippen LogP contribution in [0.15, 0.2) is 47.5 Å². The molecule has 2 N–H and O–H groups in total. The highest BCUT2D eigenvalue weighted by atomic mass is 35.5. The van der Waals surface area contributed by atoms with Crippen molar-refractivity contribution in [2.75, 3.05) is 13.7 Å². The van der Waals surface area contributed by atoms with Crippen molar-refractivity contribution in [3.8, 4) is 5.75 Å². The number of benzene rings is 2. The van der Waals surface area contributed by atoms with Gasteiger partial charge in [0.15, 0.2) is 0 Å². The zero-order valence-electron chi connectivity index (χ0n) is 14.0. The van der Waals surface area contributed by atoms with Crippen molar-refractivity contribution in [3.63, 3.8) is 0 Å². The Balaban J connectivity index is 1.76. The summed E-state index contributed by atoms with van der Waals surface area (Å²) in [6, 6.07) is 10.7. The van der Waals surface area contributed by atoms with Gasteiger partial charge in [-0.3, -0.25) is 0 Å². The van der Waals surface area contributed by atoms with E-state index in [2.05, 4.69) is 15.8 Å². The van der Waals surface area contributed by atoms with Gasteiger partial charge in [0.05, 0.1) is 7.11 Å². The summed E-state index contributed by atoms with van der Waals surface area (Å²) < 4.78 is 32.8. The Hall–Kier alpha value is -2.02. The van der Waals surface area contributed by atoms with Gasteiger partial charge >= 0.3 is 0 Å². The zero-order chi connectivity index (χ0) is 18.0. The molecule has 7 heteroatoms. The topological polar surface area (TPSA) is 71.2 Å². The number of ether oxygens (including phenoxy) is 1. The largest absolute Gasteiger partial charge is 0.495 e. The highest BCUT2D eigenvalue weighted by Gasteiger charge is 2.19. The molecule has 0 saturated carbocycles. The van der Waals surface area contributed by atoms with Crippen LogP contribution in [0.25, 0.3) is 10.9 Å². The van der Waals surface area contributed by atoms with Crippen LogP contribution in [0, 0.1) is 6.92 Å². The molecule has 0 atom stereocenters. The fourth-order valence-corrected chi connectivity index (χ4v) is 4.22. The summed E-state index contributed by atoms with van der Waals surface area (Å²) in [5.41, 5.74) is 3.28. The Morgan fingerprint density at radius 1 is 1.20 bits per heavy atom. The molecular formula is C18H19ClN2O3S. The molecule has 1 aromatic heterocycles. The molecule has 0 radical (unpaired) electrons. The lowest BCUT2D eigenvalue weighted by Gasteiger charge is -2.11. The second-order valence-electron chi connectivity index (χ2n) is 5.81. The number of sulfonamides is 1. The maximum Gasteiger partial charge on any atom is 0.244 e. The fourth-order valence-electron chi connectivity index (χ4n) is 2.76. The second-order valence-corrected chi connectivity index (χ2v) is 7.98. The SMILES string of the molecule is COc1ccc(Cl)cc1S(=O)(=O)NCCc1c[nH]c2ccc(C)cc12. The number of H-pyrrole nitrogens is 1. The summed E-state index contributed by atoms with van der Waals surface area (Å²) in [7, 11) is -2.28. The van der Waals surface area contributed by atoms with Crippen LogP contribution in [-0.4, -0.2) is 27.1 Å². The number of aryl methyl sites for hydroxylation is 1. The van der Waals surface area contributed by atoms with Gasteiger partial charge in [-0.15, -0.1) is 0 Å². The Bertz CT molecular complexity index is 1010. The van der Waals surface area contributed by atoms with Gasteiger partial charge in [0.2, 0.25) is 10.0 Å². The predicted molar refractivity (Wildman–Crippen MR) is 99.9 cm³/mol. The molecule has 5 nitrogen and oxygen atoms in total. The molecule has 25 heavy (non-hydrogen) atoms. The number of methoxy groups -OCH3 is 1. The highest BCUT2D eigenvalue weighted by Crippen LogP contribution is 2.27. The third-order valence-corrected chi connectivity index (χ3v) is 5.74. The molecule has 0 aliphatic rings. The first-order valence-electron chi connectivity index (χ1n) is 7.80. The Labute approximate surface area is 152 Å². The standard InChI is InChI=1S/C18H19ClN2O3S/c1-12-3-5-16-15(9-12)13(11-20-16)7-8-21-25(22,23)18-10-14(19)4-6-17(18)24-2/h3-6,9-11,20-21H,7-8H2,1-2H3. The summed E-state index contributed by atoms with van der Waals surface area (Å²) >= 11 is 5.92. The number of hydrogen-bond acceptors (Lipinski definition) is 3. The average Bonchev–Trinajstić information content (AvgIpc) is 2.97. The van der Waals surface area contributed by atoms with E-state index in [0.717, 1.165) is 22.0 Å². The summed E-state index contributed by atoms with van der Waals surface area (Å²) in [6.45, 7) is 2.31. The van der Waals surface area contributed by atoms with Crippen LogP contribution in [-0.2, 0) is 16.4 Å². The van der Waals surface area contributed by atoms with Gasteiger partial charge < -0.3 is 9.72 Å². The lowest BCUT2D eigenvalue weighted by Crippen LogP contribution is -2.26. The minimum Gasteiger partial charge on any atom is -0.495 e. The quantitative estimate of drug-likeness (QED) is 0.687. The molecule has 132 valence electrons. The Morgan fingerprint density at radius 3 is 2.76 bits per heavy atom. The minimum absolute atomic E-state index is 0.0391. The van der Waals surface area contributed by atoms with Gasteiger partial charge in [-0.1, -0.05) is 23.2 Å². The van der Waals surface area contributed by atoms with E-state index in [4.69, 9.17) is 16.3 Å². The number of aromatic nitrogens is 1. The van der Waals surface area contributed by atoms with Crippen LogP contribution in [0.4, 0.5) is 0 Å². The van der Waals surface area contributed by atoms with E-state index >= 15 is 0 Å². The van der Waals surface area contributed by atoms with Crippen LogP contribution in [0.5, 0.6) is 5.75 Å². The van der Waals surface area contributed by atoms with Crippen molar-refractivity contribution in [1.29, 1.82) is 0 Å². The van der Waals surface area contributed by atoms with Crippen LogP contribution in [0.3, 0.4) is 0 Å². The highest BCUT2D eigenvalue weighted by molar-refractivity contribution is 7.89. The van der Waals surface area contributed by atoms with Crippen molar-refractivity contribution in [2.24, 2.45) is 0 Å². The lowest BCUT2D eigenvalue weighted by molar-refractivity contribution is 0.402. The van der Waals surface area contributed by atoms with Crippen LogP contribution in [0.1, 0.15) is 11.1 Å². The smallest absolute Gasteiger partial charge is 0.244 e. The molecule has 0 spiro atoms. The van der Waals surface area contributed by atoms with Gasteiger partial charge in [0.25, 0.3) is 0 Å². The van der Waals surface area contributed by atoms with Crippen LogP contribution < -0.4 is 9.46 Å². The molecule has 0 aliphatic heterocycles. The zero-order valence-corrected chi connectivity index (χ0v) is 15.5. The maximum atomic E-state index is 12.6. The van der Waals surface area contributed by atoms with Gasteiger partial charge in [0, 0.05) is 28.7 Å². The fraction of sp³-hybridized carbons (Fsp3) is 0.222. The molecular weight excluding hydrogens is 360 g/mol. The van der Waals surface area contributed by atoms with Crippen LogP contribution >= 0.6 is 11.6 Å². The number of fused-ring (bicyclic) bond motifs is 1. The molecule has 0 amide bonds. The van der Waals surface area contributed by atoms with Crippen molar-refractivity contribution in [3.05, 3.63) is 58.7 Å². The van der Waals surface area contributed by atoms with E-state index in [1.54, 1.807) is 12.1 Å². The molecule has 1 heterocycles. The summed E-state index contributed by atoms with van der Waals surface area (Å²) in [6.07, 6.45) is 2.49. The van der Waals surface area contributed by atoms with E-state index in [0.29, 0.717) is 11.4 Å². The lowest BCUT2D eigenvalue weighted by atomic mass is 10.1. The number of nitrogens with one attached hydrogen (secondary N) is 2. The van der Waals surface area contributed by atoms with Gasteiger partial charge in [-0.05, 0) is 49.2 Å². The molecule has 0 unspecified atom stereocenters. The van der Waals surface area contributed by atoms with Gasteiger partial charge in [-0.2, -0.15) is 0 Å². The van der Waals surface area contributed by atoms with Gasteiger partial charge in [-0.25, -0.2) is 13.1 Å². The summed E-state index contributed by atoms with van der Waals surface area (Å²) in [5, 5.41) is 1.45. The van der Waals surface area contributed by atoms with Crippen LogP contribution in [0.2, 0.25) is 5.02 Å². The number of halogens is 1. The molecule has 0 aliphatic carbocycles. The Kier molecular flexibility index (Phi) is 5.03. The molecule has 0 fully saturated rings. The normalized spacial score (nSPS) is 11.8. The van der Waals surface area contributed by atoms with E-state index in [1.165, 1.54) is 13.2 Å². The van der Waals surface area contributed by atoms with E-state index < -0.39 is 10.0 Å². The molecule has 2 aromatic carbocycles. The van der Waals surface area contributed by atoms with Crippen molar-refractivity contribution < 1.29 is 13.2 Å². The third kappa shape index (κ3) is 3.81. The summed E-state index contributed by atoms with van der Waals surface area (Å²) in [4.78, 5) is 3.24. The Morgan fingerprint density at radius 2 is 2.00 bits per heavy atom. The predicted octanol–water partition coefficient (Wildman–Crippen LogP) is 3.66. The number of rotatable bonds is 6. The number of hydrogen-bond donors (Lipinski definition) is 2. The molecule has 0 bridgehead atoms. The first kappa shape index (κ1) is 17.8. The molecule has 3 rings (SSSR count). The van der Waals surface area contributed by atoms with Crippen molar-refractivity contribution in [2.45, 2.75) is 18.2 Å². The minimum atomic E-state index is -3.71. The van der Waals surface area contributed by atoms with E-state index in [-0.39, 0.29) is 17.2 Å². The molecule has 3 aromatic rings. The first-order chi connectivity index (χ1) is 11.9. The average molecular weight is 379 g/mol. The third-order valence-electron chi connectivity index (χ3n) is 4.02. The van der Waals surface area contributed by atoms with Crippen molar-refractivity contribution >= 4 is 32.5 Å². The second kappa shape index (κ2) is 7.07. The van der Waals surface area contributed by atoms with E-state index in [1.807, 2.05) is 25.3 Å². The van der Waals surface area contributed by atoms with E-state index in [9.17, 15) is 8.42 Å². The monoisotopic (exact) mass is 378 g/mol.